The van der Waals surface area contributed by atoms with Gasteiger partial charge in [0.1, 0.15) is 10.6 Å². The summed E-state index contributed by atoms with van der Waals surface area (Å²) < 4.78 is 5.67. The van der Waals surface area contributed by atoms with E-state index in [0.29, 0.717) is 10.6 Å². The van der Waals surface area contributed by atoms with Crippen molar-refractivity contribution in [2.45, 2.75) is 19.9 Å². The van der Waals surface area contributed by atoms with Crippen LogP contribution < -0.4 is 5.73 Å². The Kier molecular flexibility index (Phi) is 3.25. The lowest BCUT2D eigenvalue weighted by atomic mass is 9.95. The molecule has 3 aromatic rings. The number of Topliss-reactive ketones (excluding diaryl/α,β-unsaturated/α-hetero) is 1. The van der Waals surface area contributed by atoms with Crippen molar-refractivity contribution in [2.75, 3.05) is 19.3 Å². The number of rotatable bonds is 2. The third-order valence-corrected chi connectivity index (χ3v) is 5.51. The minimum absolute atomic E-state index is 0.0222. The Labute approximate surface area is 137 Å². The lowest BCUT2D eigenvalue weighted by molar-refractivity contribution is 0.102. The van der Waals surface area contributed by atoms with Crippen LogP contribution in [-0.2, 0) is 13.0 Å². The van der Waals surface area contributed by atoms with Crippen molar-refractivity contribution >= 4 is 33.0 Å². The van der Waals surface area contributed by atoms with E-state index in [1.54, 1.807) is 13.2 Å². The molecule has 0 aromatic carbocycles. The molecular formula is C17H17N3O2S. The van der Waals surface area contributed by atoms with Gasteiger partial charge in [-0.05, 0) is 24.7 Å². The van der Waals surface area contributed by atoms with E-state index in [2.05, 4.69) is 11.9 Å². The molecule has 0 fully saturated rings. The zero-order valence-electron chi connectivity index (χ0n) is 13.0. The van der Waals surface area contributed by atoms with Crippen molar-refractivity contribution in [1.82, 2.24) is 9.88 Å². The quantitative estimate of drug-likeness (QED) is 0.731. The molecule has 4 heterocycles. The Morgan fingerprint density at radius 1 is 1.48 bits per heavy atom. The van der Waals surface area contributed by atoms with E-state index >= 15 is 0 Å². The number of carbonyl (C=O) groups is 1. The molecule has 4 rings (SSSR count). The van der Waals surface area contributed by atoms with Crippen molar-refractivity contribution in [2.24, 2.45) is 0 Å². The number of fused-ring (bicyclic) bond motifs is 2. The molecule has 0 spiro atoms. The summed E-state index contributed by atoms with van der Waals surface area (Å²) in [6.07, 6.45) is 2.55. The predicted octanol–water partition coefficient (Wildman–Crippen LogP) is 3.33. The molecule has 2 N–H and O–H groups in total. The number of hydrogen-bond acceptors (Lipinski definition) is 6. The number of nitrogens with two attached hydrogens (primary N) is 1. The maximum absolute atomic E-state index is 11.9. The predicted molar refractivity (Wildman–Crippen MR) is 91.8 cm³/mol. The van der Waals surface area contributed by atoms with Crippen molar-refractivity contribution in [3.8, 4) is 11.3 Å². The first kappa shape index (κ1) is 14.4. The standard InChI is InChI=1S/C17H17N3O2S/c1-9(21)16-15(18)14-13(12-4-3-7-22-12)10-8-20(2)6-5-11(10)19-17(14)23-16/h3-4,7H,5-6,8,18H2,1-2H3. The van der Waals surface area contributed by atoms with Crippen LogP contribution in [-0.4, -0.2) is 29.3 Å². The highest BCUT2D eigenvalue weighted by atomic mass is 32.1. The molecule has 1 aliphatic heterocycles. The van der Waals surface area contributed by atoms with Crippen LogP contribution in [0.25, 0.3) is 21.5 Å². The molecule has 0 saturated carbocycles. The second-order valence-electron chi connectivity index (χ2n) is 5.96. The SMILES string of the molecule is CC(=O)c1sc2nc3c(c(-c4ccco4)c2c1N)CN(C)CC3. The molecule has 0 bridgehead atoms. The molecule has 118 valence electrons. The highest BCUT2D eigenvalue weighted by Crippen LogP contribution is 2.43. The number of nitrogens with zero attached hydrogens (tertiary/aromatic N) is 2. The van der Waals surface area contributed by atoms with E-state index in [4.69, 9.17) is 15.1 Å². The summed E-state index contributed by atoms with van der Waals surface area (Å²) in [6, 6.07) is 3.81. The Morgan fingerprint density at radius 2 is 2.30 bits per heavy atom. The average molecular weight is 327 g/mol. The Morgan fingerprint density at radius 3 is 3.00 bits per heavy atom. The molecule has 0 radical (unpaired) electrons. The van der Waals surface area contributed by atoms with E-state index in [0.717, 1.165) is 52.3 Å². The van der Waals surface area contributed by atoms with Gasteiger partial charge in [0.2, 0.25) is 0 Å². The molecule has 23 heavy (non-hydrogen) atoms. The highest BCUT2D eigenvalue weighted by molar-refractivity contribution is 7.21. The molecule has 5 nitrogen and oxygen atoms in total. The van der Waals surface area contributed by atoms with Crippen molar-refractivity contribution in [1.29, 1.82) is 0 Å². The van der Waals surface area contributed by atoms with Crippen LogP contribution >= 0.6 is 11.3 Å². The van der Waals surface area contributed by atoms with Crippen LogP contribution in [0, 0.1) is 0 Å². The van der Waals surface area contributed by atoms with Crippen LogP contribution in [0.5, 0.6) is 0 Å². The summed E-state index contributed by atoms with van der Waals surface area (Å²) in [4.78, 5) is 20.3. The van der Waals surface area contributed by atoms with Crippen molar-refractivity contribution in [3.63, 3.8) is 0 Å². The molecule has 0 atom stereocenters. The van der Waals surface area contributed by atoms with Crippen LogP contribution in [0.1, 0.15) is 27.9 Å². The molecule has 0 unspecified atom stereocenters. The molecule has 6 heteroatoms. The van der Waals surface area contributed by atoms with Crippen LogP contribution in [0.4, 0.5) is 5.69 Å². The fraction of sp³-hybridized carbons (Fsp3) is 0.294. The van der Waals surface area contributed by atoms with Gasteiger partial charge >= 0.3 is 0 Å². The largest absolute Gasteiger partial charge is 0.464 e. The van der Waals surface area contributed by atoms with Gasteiger partial charge in [-0.2, -0.15) is 0 Å². The maximum Gasteiger partial charge on any atom is 0.171 e. The zero-order valence-corrected chi connectivity index (χ0v) is 13.9. The number of aromatic nitrogens is 1. The van der Waals surface area contributed by atoms with Gasteiger partial charge in [0.25, 0.3) is 0 Å². The van der Waals surface area contributed by atoms with E-state index in [-0.39, 0.29) is 5.78 Å². The van der Waals surface area contributed by atoms with Crippen LogP contribution in [0.2, 0.25) is 0 Å². The van der Waals surface area contributed by atoms with E-state index in [9.17, 15) is 4.79 Å². The van der Waals surface area contributed by atoms with Gasteiger partial charge < -0.3 is 15.1 Å². The zero-order chi connectivity index (χ0) is 16.1. The van der Waals surface area contributed by atoms with Crippen molar-refractivity contribution in [3.05, 3.63) is 34.5 Å². The molecular weight excluding hydrogens is 310 g/mol. The lowest BCUT2D eigenvalue weighted by Crippen LogP contribution is -2.27. The lowest BCUT2D eigenvalue weighted by Gasteiger charge is -2.26. The third-order valence-electron chi connectivity index (χ3n) is 4.31. The van der Waals surface area contributed by atoms with Gasteiger partial charge in [0.15, 0.2) is 5.78 Å². The smallest absolute Gasteiger partial charge is 0.171 e. The topological polar surface area (TPSA) is 72.4 Å². The molecule has 0 amide bonds. The Hall–Kier alpha value is -2.18. The average Bonchev–Trinajstić information content (AvgIpc) is 3.14. The first-order valence-electron chi connectivity index (χ1n) is 7.53. The summed E-state index contributed by atoms with van der Waals surface area (Å²) >= 11 is 1.38. The first-order valence-corrected chi connectivity index (χ1v) is 8.35. The number of pyridine rings is 1. The molecule has 0 saturated heterocycles. The number of carbonyl (C=O) groups excluding carboxylic acids is 1. The number of furan rings is 1. The minimum Gasteiger partial charge on any atom is -0.464 e. The second kappa shape index (κ2) is 5.18. The normalized spacial score (nSPS) is 15.0. The summed E-state index contributed by atoms with van der Waals surface area (Å²) in [6.45, 7) is 3.32. The number of ketones is 1. The number of nitrogen functional groups attached to an aromatic ring is 1. The number of thiophene rings is 1. The highest BCUT2D eigenvalue weighted by Gasteiger charge is 2.27. The number of hydrogen-bond donors (Lipinski definition) is 1. The van der Waals surface area contributed by atoms with Gasteiger partial charge in [-0.1, -0.05) is 0 Å². The Bertz CT molecular complexity index is 912. The minimum atomic E-state index is -0.0222. The van der Waals surface area contributed by atoms with E-state index in [1.807, 2.05) is 12.1 Å². The molecule has 1 aliphatic rings. The van der Waals surface area contributed by atoms with Gasteiger partial charge in [-0.25, -0.2) is 4.98 Å². The number of likely N-dealkylation sites (N-methyl/N-ethyl adjacent to an activating group) is 1. The Balaban J connectivity index is 2.12. The summed E-state index contributed by atoms with van der Waals surface area (Å²) in [7, 11) is 2.09. The third kappa shape index (κ3) is 2.17. The van der Waals surface area contributed by atoms with E-state index < -0.39 is 0 Å². The monoisotopic (exact) mass is 327 g/mol. The van der Waals surface area contributed by atoms with Crippen LogP contribution in [0.3, 0.4) is 0 Å². The molecule has 3 aromatic heterocycles. The van der Waals surface area contributed by atoms with Gasteiger partial charge in [0, 0.05) is 43.1 Å². The number of anilines is 1. The molecule has 0 aliphatic carbocycles. The fourth-order valence-electron chi connectivity index (χ4n) is 3.21. The second-order valence-corrected chi connectivity index (χ2v) is 6.96. The summed E-state index contributed by atoms with van der Waals surface area (Å²) in [5, 5.41) is 0.851. The van der Waals surface area contributed by atoms with Crippen molar-refractivity contribution < 1.29 is 9.21 Å². The summed E-state index contributed by atoms with van der Waals surface area (Å²) in [5.41, 5.74) is 10.1. The maximum atomic E-state index is 11.9. The first-order chi connectivity index (χ1) is 11.1. The van der Waals surface area contributed by atoms with Gasteiger partial charge in [-0.3, -0.25) is 4.79 Å². The van der Waals surface area contributed by atoms with Crippen LogP contribution in [0.15, 0.2) is 22.8 Å². The summed E-state index contributed by atoms with van der Waals surface area (Å²) in [5.74, 6) is 0.759. The van der Waals surface area contributed by atoms with E-state index in [1.165, 1.54) is 11.3 Å². The van der Waals surface area contributed by atoms with Gasteiger partial charge in [-0.15, -0.1) is 11.3 Å². The fourth-order valence-corrected chi connectivity index (χ4v) is 4.23. The van der Waals surface area contributed by atoms with Gasteiger partial charge in [0.05, 0.1) is 16.8 Å².